The van der Waals surface area contributed by atoms with Gasteiger partial charge in [-0.15, -0.1) is 0 Å². The van der Waals surface area contributed by atoms with Crippen LogP contribution in [0.2, 0.25) is 0 Å². The number of anilines is 5. The molecule has 740 valence electrons. The zero-order valence-electron chi connectivity index (χ0n) is 110. The highest BCUT2D eigenvalue weighted by Gasteiger charge is 2.47. The minimum Gasteiger partial charge on any atom is -0.481 e. The first-order valence-electron chi connectivity index (χ1n) is 55.9. The Labute approximate surface area is 820 Å². The fourth-order valence-corrected chi connectivity index (χ4v) is 10.6. The highest BCUT2D eigenvalue weighted by atomic mass is 16.4. The van der Waals surface area contributed by atoms with Crippen molar-refractivity contribution in [3.8, 4) is 0 Å². The average molecular weight is 1960 g/mol. The van der Waals surface area contributed by atoms with Gasteiger partial charge in [-0.2, -0.15) is 0 Å². The van der Waals surface area contributed by atoms with E-state index in [1.807, 2.05) is 0 Å². The molecule has 55 nitrogen and oxygen atoms in total. The molecule has 135 heavy (non-hydrogen) atoms. The van der Waals surface area contributed by atoms with Crippen LogP contribution >= 0.6 is 0 Å². The predicted octanol–water partition coefficient (Wildman–Crippen LogP) is -2.64. The zero-order chi connectivity index (χ0) is 139. The van der Waals surface area contributed by atoms with E-state index >= 15 is 0 Å². The van der Waals surface area contributed by atoms with Crippen LogP contribution in [-0.4, -0.2) is 334 Å². The van der Waals surface area contributed by atoms with Gasteiger partial charge in [0.15, 0.2) is 86.0 Å². The third kappa shape index (κ3) is 30.6. The minimum atomic E-state index is -3.21. The molecule has 0 bridgehead atoms. The summed E-state index contributed by atoms with van der Waals surface area (Å²) in [7, 11) is 2.46. The number of hydrogen-bond acceptors (Lipinski definition) is 35. The van der Waals surface area contributed by atoms with Crippen LogP contribution in [0.4, 0.5) is 29.1 Å². The molecule has 10 rings (SSSR count). The lowest BCUT2D eigenvalue weighted by Gasteiger charge is -2.25. The second-order valence-electron chi connectivity index (χ2n) is 28.2. The van der Waals surface area contributed by atoms with Crippen LogP contribution in [0.25, 0.3) is 0 Å². The fraction of sp³-hybridized carbons (Fsp3) is 0.500. The minimum absolute atomic E-state index is 0.0128. The van der Waals surface area contributed by atoms with E-state index in [-0.39, 0.29) is 30.8 Å². The van der Waals surface area contributed by atoms with Crippen molar-refractivity contribution in [3.05, 3.63) is 60.0 Å². The number of carbonyl (C=O) groups is 25. The Morgan fingerprint density at radius 2 is 0.459 bits per heavy atom. The molecule has 10 unspecified atom stereocenters. The molecule has 0 saturated heterocycles. The number of fused-ring (bicyclic) bond motifs is 5. The van der Waals surface area contributed by atoms with E-state index < -0.39 is 423 Å². The second kappa shape index (κ2) is 48.1. The van der Waals surface area contributed by atoms with Crippen molar-refractivity contribution in [1.29, 1.82) is 0 Å². The summed E-state index contributed by atoms with van der Waals surface area (Å²) in [6.07, 6.45) is -10.7. The van der Waals surface area contributed by atoms with E-state index in [1.165, 1.54) is 21.0 Å². The lowest BCUT2D eigenvalue weighted by molar-refractivity contribution is -0.167. The molecular formula is C80H105N15O40. The molecule has 0 fully saturated rings. The number of carbonyl (C=O) groups excluding carboxylic acids is 15. The lowest BCUT2D eigenvalue weighted by atomic mass is 9.94. The summed E-state index contributed by atoms with van der Waals surface area (Å²) in [5.41, 5.74) is -15.6. The Morgan fingerprint density at radius 3 is 0.652 bits per heavy atom. The molecule has 10 atom stereocenters. The molecule has 5 amide bonds. The SMILES string of the molecule is CC(=O)CC(O)(CC(=O)O)C(=O)O.CC(=O)CC(O)(CC(=O)O)C(=O)O.CC(=O)CC(O)(CC(=O)O)C(=O)O.CC(=O)CC(O)(CC(=O)O)C(=O)O.CC(=O)CC(O)(CC(=O)O)C(=O)O.[2H]C([2H])([2H])C1C(=O)c2c(ncn2C([2H])([2H])[2H])N(C([2H])([2H])[2H])C1=O.[2H]c1nc2c(n1C([2H])([2H])[2H])C(=O)C(C([2H])([2H])[2H])C(=O)N2C.[2H]c1nc2c(n1C([2H])([2H])[2H])C(=O)C(C([2H])([2H])[2H])C(=O)N2C([2H])([2H])[2H].[2H]c1nc2c(n1C([2H])([2H])[2H])C(=O)C(C)C(=O)N2C([2H])([2H])[2H].[2H]c1nc2c(n1C)C(=O)C(C([2H])([2H])[2H])C(=O)N2C([2H])([2H])[2H]. The van der Waals surface area contributed by atoms with Gasteiger partial charge in [0.25, 0.3) is 0 Å². The van der Waals surface area contributed by atoms with Crippen LogP contribution in [0.1, 0.15) is 240 Å². The van der Waals surface area contributed by atoms with Crippen LogP contribution < -0.4 is 24.5 Å². The third-order valence-corrected chi connectivity index (χ3v) is 16.9. The van der Waals surface area contributed by atoms with Gasteiger partial charge in [-0.1, -0.05) is 0 Å². The van der Waals surface area contributed by atoms with Gasteiger partial charge in [0.05, 0.1) is 63.6 Å². The van der Waals surface area contributed by atoms with Crippen molar-refractivity contribution < 1.29 is 251 Å². The van der Waals surface area contributed by atoms with Crippen LogP contribution in [0.15, 0.2) is 31.5 Å². The monoisotopic (exact) mass is 1960 g/mol. The maximum atomic E-state index is 12.4. The first kappa shape index (κ1) is 66.0. The number of imidazole rings is 5. The first-order valence-corrected chi connectivity index (χ1v) is 35.9. The van der Waals surface area contributed by atoms with E-state index in [0.29, 0.717) is 24.9 Å². The second-order valence-corrected chi connectivity index (χ2v) is 28.2. The number of aryl methyl sites for hydroxylation is 1. The standard InChI is InChI=1S/5C9H11N3O2.5C7H10O6/c5*1-5-7(13)6-8(10-4-11(6)2)12(3)9(5)14;5*1-4(8)2-7(13,6(11)12)3-5(9)10/h5*4-5H,1-3H3;5*13H,2-3H2,1H3,(H,9,10)(H,11,12)/i1D3,2D3,3D3,4D;2D3,3D3,4D;1D3,3D3,4D;1D3,2D3,4D;1D3,2D3,3D3;;;;;. The molecule has 5 aromatic heterocycles. The number of aliphatic carboxylic acids is 10. The summed E-state index contributed by atoms with van der Waals surface area (Å²) >= 11 is 0. The van der Waals surface area contributed by atoms with Gasteiger partial charge in [0.2, 0.25) is 29.5 Å². The van der Waals surface area contributed by atoms with Crippen molar-refractivity contribution in [2.45, 2.75) is 161 Å². The zero-order valence-corrected chi connectivity index (χ0v) is 70.2. The number of aromatic nitrogens is 10. The van der Waals surface area contributed by atoms with Gasteiger partial charge in [0, 0.05) is 151 Å². The van der Waals surface area contributed by atoms with E-state index in [9.17, 15) is 145 Å². The molecule has 5 aromatic rings. The maximum Gasteiger partial charge on any atom is 0.336 e. The Kier molecular flexibility index (Phi) is 23.5. The number of ketones is 10. The fourth-order valence-electron chi connectivity index (χ4n) is 10.6. The van der Waals surface area contributed by atoms with E-state index in [0.717, 1.165) is 44.1 Å². The number of Topliss-reactive ketones (excluding diaryl/α,β-unsaturated/α-hetero) is 10. The molecule has 15 N–H and O–H groups in total. The van der Waals surface area contributed by atoms with Crippen molar-refractivity contribution in [2.24, 2.45) is 64.5 Å². The van der Waals surface area contributed by atoms with Gasteiger partial charge in [0.1, 0.15) is 92.5 Å². The normalized spacial score (nSPS) is 23.6. The predicted molar refractivity (Wildman–Crippen MR) is 451 cm³/mol. The first-order chi connectivity index (χ1) is 77.7. The smallest absolute Gasteiger partial charge is 0.336 e. The molecule has 55 heteroatoms. The van der Waals surface area contributed by atoms with Crippen molar-refractivity contribution in [2.75, 3.05) is 59.5 Å². The summed E-state index contributed by atoms with van der Waals surface area (Å²) in [4.78, 5) is 297. The quantitative estimate of drug-likeness (QED) is 0.0266. The average Bonchev–Trinajstić information content (AvgIpc) is 1.56. The number of amides is 5. The van der Waals surface area contributed by atoms with Gasteiger partial charge in [-0.05, 0) is 68.9 Å². The van der Waals surface area contributed by atoms with Gasteiger partial charge in [-0.3, -0.25) is 120 Å². The third-order valence-electron chi connectivity index (χ3n) is 16.9. The van der Waals surface area contributed by atoms with Gasteiger partial charge in [-0.25, -0.2) is 48.9 Å². The number of nitrogens with zero attached hydrogens (tertiary/aromatic N) is 15. The van der Waals surface area contributed by atoms with Crippen LogP contribution in [-0.2, 0) is 131 Å². The molecule has 0 saturated carbocycles. The number of rotatable bonds is 25. The molecule has 0 aliphatic carbocycles. The van der Waals surface area contributed by atoms with Gasteiger partial charge >= 0.3 is 59.7 Å². The Balaban J connectivity index is 0.000000982. The summed E-state index contributed by atoms with van der Waals surface area (Å²) in [5, 5.41) is 130. The van der Waals surface area contributed by atoms with E-state index in [4.69, 9.17) is 106 Å². The summed E-state index contributed by atoms with van der Waals surface area (Å²) in [6, 6.07) is 0. The van der Waals surface area contributed by atoms with E-state index in [2.05, 4.69) is 24.9 Å². The Hall–Kier alpha value is -15.4. The highest BCUT2D eigenvalue weighted by molar-refractivity contribution is 6.23. The van der Waals surface area contributed by atoms with E-state index in [1.54, 1.807) is 0 Å². The van der Waals surface area contributed by atoms with Crippen LogP contribution in [0, 0.1) is 29.6 Å². The maximum absolute atomic E-state index is 12.4. The molecule has 0 aromatic carbocycles. The molecule has 0 spiro atoms. The van der Waals surface area contributed by atoms with Crippen molar-refractivity contribution in [1.82, 2.24) is 47.8 Å². The lowest BCUT2D eigenvalue weighted by Crippen LogP contribution is -2.42. The number of aliphatic hydroxyl groups is 5. The molecule has 5 aliphatic rings. The van der Waals surface area contributed by atoms with Crippen molar-refractivity contribution >= 4 is 176 Å². The number of carboxylic acids is 10. The number of carboxylic acid groups (broad SMARTS) is 10. The summed E-state index contributed by atoms with van der Waals surface area (Å²) < 4.78 is 297. The van der Waals surface area contributed by atoms with Gasteiger partial charge < -0.3 is 99.4 Å². The molecular weight excluding hydrogens is 1810 g/mol. The van der Waals surface area contributed by atoms with Crippen molar-refractivity contribution in [3.63, 3.8) is 0 Å². The molecule has 0 radical (unpaired) electrons. The van der Waals surface area contributed by atoms with Crippen LogP contribution in [0.5, 0.6) is 0 Å². The molecule has 5 aliphatic heterocycles. The highest BCUT2D eigenvalue weighted by Crippen LogP contribution is 2.33. The summed E-state index contributed by atoms with van der Waals surface area (Å²) in [6.45, 7) is -29.6. The molecule has 10 heterocycles. The Bertz CT molecular complexity index is 6830. The largest absolute Gasteiger partial charge is 0.481 e. The Morgan fingerprint density at radius 1 is 0.281 bits per heavy atom. The number of hydrogen-bond donors (Lipinski definition) is 15. The topological polar surface area (TPSA) is 836 Å². The summed E-state index contributed by atoms with van der Waals surface area (Å²) in [5.74, 6) is -44.0. The van der Waals surface area contributed by atoms with Crippen LogP contribution in [0.3, 0.4) is 0 Å².